The molecule has 4 heteroatoms. The lowest BCUT2D eigenvalue weighted by atomic mass is 10.0. The number of carbonyl (C=O) groups excluding carboxylic acids is 2. The van der Waals surface area contributed by atoms with Crippen LogP contribution in [-0.2, 0) is 0 Å². The Labute approximate surface area is 73.2 Å². The Kier molecular flexibility index (Phi) is 2.51. The van der Waals surface area contributed by atoms with Crippen LogP contribution < -0.4 is 0 Å². The van der Waals surface area contributed by atoms with Gasteiger partial charge >= 0.3 is 0 Å². The number of carbonyl (C=O) groups is 2. The van der Waals surface area contributed by atoms with Crippen LogP contribution in [0.25, 0.3) is 0 Å². The van der Waals surface area contributed by atoms with Crippen LogP contribution in [0, 0.1) is 11.6 Å². The lowest BCUT2D eigenvalue weighted by Gasteiger charge is -2.01. The van der Waals surface area contributed by atoms with Crippen LogP contribution in [0.1, 0.15) is 27.6 Å². The van der Waals surface area contributed by atoms with Crippen molar-refractivity contribution in [3.63, 3.8) is 0 Å². The fourth-order valence-corrected chi connectivity index (χ4v) is 0.989. The lowest BCUT2D eigenvalue weighted by molar-refractivity contribution is 0.100. The highest BCUT2D eigenvalue weighted by Crippen LogP contribution is 2.15. The molecule has 68 valence electrons. The first-order chi connectivity index (χ1) is 6.07. The van der Waals surface area contributed by atoms with Gasteiger partial charge in [-0.2, -0.15) is 0 Å². The van der Waals surface area contributed by atoms with Gasteiger partial charge in [-0.15, -0.1) is 0 Å². The zero-order valence-corrected chi connectivity index (χ0v) is 6.80. The highest BCUT2D eigenvalue weighted by Gasteiger charge is 2.14. The normalized spacial score (nSPS) is 9.77. The van der Waals surface area contributed by atoms with Gasteiger partial charge in [0.2, 0.25) is 0 Å². The second kappa shape index (κ2) is 3.43. The van der Waals surface area contributed by atoms with Crippen molar-refractivity contribution in [1.82, 2.24) is 0 Å². The van der Waals surface area contributed by atoms with Crippen molar-refractivity contribution >= 4 is 12.1 Å². The Morgan fingerprint density at radius 3 is 2.46 bits per heavy atom. The first kappa shape index (κ1) is 9.51. The van der Waals surface area contributed by atoms with E-state index < -0.39 is 23.0 Å². The van der Waals surface area contributed by atoms with E-state index in [2.05, 4.69) is 0 Å². The van der Waals surface area contributed by atoms with E-state index in [9.17, 15) is 18.4 Å². The number of hydrogen-bond acceptors (Lipinski definition) is 2. The molecule has 0 aliphatic carbocycles. The van der Waals surface area contributed by atoms with Crippen LogP contribution in [0.3, 0.4) is 0 Å². The van der Waals surface area contributed by atoms with Crippen molar-refractivity contribution in [1.29, 1.82) is 0 Å². The lowest BCUT2D eigenvalue weighted by Crippen LogP contribution is -2.03. The molecule has 0 amide bonds. The van der Waals surface area contributed by atoms with E-state index in [1.165, 1.54) is 6.92 Å². The topological polar surface area (TPSA) is 34.1 Å². The number of aldehydes is 1. The van der Waals surface area contributed by atoms with Crippen molar-refractivity contribution in [2.24, 2.45) is 0 Å². The minimum atomic E-state index is -1.28. The molecule has 0 bridgehead atoms. The number of hydrogen-bond donors (Lipinski definition) is 0. The molecule has 2 nitrogen and oxygen atoms in total. The molecular weight excluding hydrogens is 178 g/mol. The summed E-state index contributed by atoms with van der Waals surface area (Å²) in [5.74, 6) is -2.88. The maximum Gasteiger partial charge on any atom is 0.170 e. The van der Waals surface area contributed by atoms with Crippen molar-refractivity contribution in [2.45, 2.75) is 6.92 Å². The molecule has 0 saturated carbocycles. The number of ketones is 1. The van der Waals surface area contributed by atoms with Gasteiger partial charge in [0, 0.05) is 5.56 Å². The molecule has 0 saturated heterocycles. The van der Waals surface area contributed by atoms with E-state index >= 15 is 0 Å². The van der Waals surface area contributed by atoms with Gasteiger partial charge in [0.15, 0.2) is 23.7 Å². The number of halogens is 2. The second-order valence-corrected chi connectivity index (χ2v) is 2.50. The van der Waals surface area contributed by atoms with Gasteiger partial charge in [0.1, 0.15) is 0 Å². The van der Waals surface area contributed by atoms with E-state index in [-0.39, 0.29) is 11.8 Å². The molecule has 1 rings (SSSR count). The Balaban J connectivity index is 3.47. The minimum Gasteiger partial charge on any atom is -0.298 e. The molecule has 0 N–H and O–H groups in total. The zero-order chi connectivity index (χ0) is 10.0. The maximum absolute atomic E-state index is 12.9. The summed E-state index contributed by atoms with van der Waals surface area (Å²) in [6.45, 7) is 1.18. The monoisotopic (exact) mass is 184 g/mol. The fourth-order valence-electron chi connectivity index (χ4n) is 0.989. The summed E-state index contributed by atoms with van der Waals surface area (Å²) >= 11 is 0. The van der Waals surface area contributed by atoms with Crippen molar-refractivity contribution in [2.75, 3.05) is 0 Å². The summed E-state index contributed by atoms with van der Waals surface area (Å²) in [5.41, 5.74) is -0.624. The van der Waals surface area contributed by atoms with Gasteiger partial charge in [-0.3, -0.25) is 9.59 Å². The average Bonchev–Trinajstić information content (AvgIpc) is 2.09. The molecule has 0 atom stereocenters. The molecule has 0 aliphatic heterocycles. The van der Waals surface area contributed by atoms with Crippen LogP contribution in [0.4, 0.5) is 8.78 Å². The molecule has 13 heavy (non-hydrogen) atoms. The molecule has 1 aromatic carbocycles. The molecule has 0 spiro atoms. The molecule has 1 aromatic rings. The van der Waals surface area contributed by atoms with E-state index in [1.807, 2.05) is 0 Å². The number of Topliss-reactive ketones (excluding diaryl/α,β-unsaturated/α-hetero) is 1. The first-order valence-electron chi connectivity index (χ1n) is 3.52. The highest BCUT2D eigenvalue weighted by atomic mass is 19.2. The zero-order valence-electron chi connectivity index (χ0n) is 6.80. The molecule has 0 radical (unpaired) electrons. The van der Waals surface area contributed by atoms with Gasteiger partial charge in [-0.1, -0.05) is 0 Å². The summed E-state index contributed by atoms with van der Waals surface area (Å²) in [6, 6.07) is 1.91. The van der Waals surface area contributed by atoms with Crippen LogP contribution in [0.5, 0.6) is 0 Å². The third kappa shape index (κ3) is 1.61. The standard InChI is InChI=1S/C9H6F2O2/c1-5(13)6-2-3-8(10)9(11)7(6)4-12/h2-4H,1H3. The fraction of sp³-hybridized carbons (Fsp3) is 0.111. The van der Waals surface area contributed by atoms with Crippen molar-refractivity contribution < 1.29 is 18.4 Å². The van der Waals surface area contributed by atoms with Gasteiger partial charge in [0.25, 0.3) is 0 Å². The van der Waals surface area contributed by atoms with Gasteiger partial charge in [0.05, 0.1) is 5.56 Å². The predicted molar refractivity (Wildman–Crippen MR) is 41.8 cm³/mol. The summed E-state index contributed by atoms with van der Waals surface area (Å²) in [7, 11) is 0. The SMILES string of the molecule is CC(=O)c1ccc(F)c(F)c1C=O. The largest absolute Gasteiger partial charge is 0.298 e. The van der Waals surface area contributed by atoms with Crippen LogP contribution in [0.2, 0.25) is 0 Å². The van der Waals surface area contributed by atoms with Gasteiger partial charge in [-0.25, -0.2) is 8.78 Å². The Morgan fingerprint density at radius 2 is 2.00 bits per heavy atom. The number of benzene rings is 1. The van der Waals surface area contributed by atoms with E-state index in [1.54, 1.807) is 0 Å². The van der Waals surface area contributed by atoms with Gasteiger partial charge < -0.3 is 0 Å². The summed E-state index contributed by atoms with van der Waals surface area (Å²) in [4.78, 5) is 21.2. The van der Waals surface area contributed by atoms with E-state index in [0.29, 0.717) is 0 Å². The summed E-state index contributed by atoms with van der Waals surface area (Å²) in [5, 5.41) is 0. The van der Waals surface area contributed by atoms with E-state index in [0.717, 1.165) is 12.1 Å². The Hall–Kier alpha value is -1.58. The smallest absolute Gasteiger partial charge is 0.170 e. The van der Waals surface area contributed by atoms with Crippen molar-refractivity contribution in [3.8, 4) is 0 Å². The van der Waals surface area contributed by atoms with Crippen LogP contribution >= 0.6 is 0 Å². The molecule has 0 fully saturated rings. The van der Waals surface area contributed by atoms with Crippen LogP contribution in [0.15, 0.2) is 12.1 Å². The quantitative estimate of drug-likeness (QED) is 0.520. The molecule has 0 heterocycles. The van der Waals surface area contributed by atoms with Crippen molar-refractivity contribution in [3.05, 3.63) is 34.9 Å². The molecule has 0 unspecified atom stereocenters. The van der Waals surface area contributed by atoms with Crippen LogP contribution in [-0.4, -0.2) is 12.1 Å². The third-order valence-electron chi connectivity index (χ3n) is 1.63. The minimum absolute atomic E-state index is 0.103. The average molecular weight is 184 g/mol. The summed E-state index contributed by atoms with van der Waals surface area (Å²) in [6.07, 6.45) is 0.134. The third-order valence-corrected chi connectivity index (χ3v) is 1.63. The van der Waals surface area contributed by atoms with E-state index in [4.69, 9.17) is 0 Å². The highest BCUT2D eigenvalue weighted by molar-refractivity contribution is 6.01. The number of rotatable bonds is 2. The molecule has 0 aromatic heterocycles. The van der Waals surface area contributed by atoms with Gasteiger partial charge in [-0.05, 0) is 19.1 Å². The Bertz CT molecular complexity index is 372. The Morgan fingerprint density at radius 1 is 1.38 bits per heavy atom. The summed E-state index contributed by atoms with van der Waals surface area (Å²) < 4.78 is 25.4. The first-order valence-corrected chi connectivity index (χ1v) is 3.52. The molecule has 0 aliphatic rings. The molecular formula is C9H6F2O2. The predicted octanol–water partition coefficient (Wildman–Crippen LogP) is 1.98. The second-order valence-electron chi connectivity index (χ2n) is 2.50. The maximum atomic E-state index is 12.9.